The first-order chi connectivity index (χ1) is 13.1. The summed E-state index contributed by atoms with van der Waals surface area (Å²) in [5.41, 5.74) is 0.860. The number of hydrogen-bond acceptors (Lipinski definition) is 7. The number of para-hydroxylation sites is 2. The van der Waals surface area contributed by atoms with Crippen LogP contribution in [0.15, 0.2) is 28.6 Å². The number of amides is 1. The van der Waals surface area contributed by atoms with Crippen LogP contribution in [0.5, 0.6) is 5.75 Å². The third kappa shape index (κ3) is 5.35. The second-order valence-corrected chi connectivity index (χ2v) is 9.26. The molecule has 2 heterocycles. The maximum absolute atomic E-state index is 12.7. The molecule has 146 valence electrons. The molecule has 0 aliphatic carbocycles. The Hall–Kier alpha value is -1.80. The van der Waals surface area contributed by atoms with Crippen molar-refractivity contribution in [2.75, 3.05) is 25.0 Å². The number of nitrogens with zero attached hydrogens (tertiary/aromatic N) is 3. The molecule has 6 nitrogen and oxygen atoms in total. The Bertz CT molecular complexity index is 760. The summed E-state index contributed by atoms with van der Waals surface area (Å²) in [5, 5.41) is 12.2. The third-order valence-corrected chi connectivity index (χ3v) is 6.57. The normalized spacial score (nSPS) is 16.2. The predicted octanol–water partition coefficient (Wildman–Crippen LogP) is 4.42. The number of anilines is 2. The maximum Gasteiger partial charge on any atom is 0.235 e. The van der Waals surface area contributed by atoms with Gasteiger partial charge in [0.15, 0.2) is 4.34 Å². The summed E-state index contributed by atoms with van der Waals surface area (Å²) in [4.78, 5) is 14.6. The van der Waals surface area contributed by atoms with E-state index in [9.17, 15) is 4.79 Å². The maximum atomic E-state index is 12.7. The van der Waals surface area contributed by atoms with Gasteiger partial charge in [0.25, 0.3) is 0 Å². The van der Waals surface area contributed by atoms with Crippen LogP contribution < -0.4 is 10.1 Å². The summed E-state index contributed by atoms with van der Waals surface area (Å²) >= 11 is 2.93. The minimum Gasteiger partial charge on any atom is -0.492 e. The van der Waals surface area contributed by atoms with Gasteiger partial charge in [0.05, 0.1) is 17.5 Å². The number of benzene rings is 1. The van der Waals surface area contributed by atoms with Gasteiger partial charge in [-0.3, -0.25) is 4.79 Å². The molecule has 1 aromatic carbocycles. The molecule has 3 rings (SSSR count). The number of aromatic nitrogens is 2. The number of piperidine rings is 1. The highest BCUT2D eigenvalue weighted by Gasteiger charge is 2.26. The van der Waals surface area contributed by atoms with Crippen molar-refractivity contribution < 1.29 is 9.53 Å². The van der Waals surface area contributed by atoms with Crippen molar-refractivity contribution >= 4 is 39.8 Å². The predicted molar refractivity (Wildman–Crippen MR) is 111 cm³/mol. The molecule has 0 spiro atoms. The van der Waals surface area contributed by atoms with Crippen LogP contribution in [0.4, 0.5) is 10.8 Å². The molecule has 1 saturated heterocycles. The van der Waals surface area contributed by atoms with E-state index >= 15 is 0 Å². The number of thioether (sulfide) groups is 1. The molecule has 1 fully saturated rings. The van der Waals surface area contributed by atoms with Crippen molar-refractivity contribution in [3.63, 3.8) is 0 Å². The molecular formula is C19H26N4O2S2. The van der Waals surface area contributed by atoms with Gasteiger partial charge in [-0.1, -0.05) is 42.2 Å². The van der Waals surface area contributed by atoms with Gasteiger partial charge >= 0.3 is 0 Å². The third-order valence-electron chi connectivity index (χ3n) is 4.56. The number of rotatable bonds is 7. The van der Waals surface area contributed by atoms with E-state index in [1.54, 1.807) is 0 Å². The highest BCUT2D eigenvalue weighted by Crippen LogP contribution is 2.33. The van der Waals surface area contributed by atoms with Crippen LogP contribution in [0, 0.1) is 5.92 Å². The van der Waals surface area contributed by atoms with Crippen LogP contribution in [0.2, 0.25) is 0 Å². The Morgan fingerprint density at radius 2 is 2.11 bits per heavy atom. The molecule has 1 aromatic heterocycles. The molecule has 0 unspecified atom stereocenters. The number of carbonyl (C=O) groups excluding carboxylic acids is 1. The van der Waals surface area contributed by atoms with Crippen LogP contribution >= 0.6 is 23.1 Å². The summed E-state index contributed by atoms with van der Waals surface area (Å²) in [6, 6.07) is 7.75. The van der Waals surface area contributed by atoms with Crippen molar-refractivity contribution in [1.29, 1.82) is 0 Å². The van der Waals surface area contributed by atoms with Crippen LogP contribution in [-0.2, 0) is 4.79 Å². The van der Waals surface area contributed by atoms with Crippen molar-refractivity contribution in [2.24, 2.45) is 5.92 Å². The molecule has 1 aliphatic heterocycles. The summed E-state index contributed by atoms with van der Waals surface area (Å²) < 4.78 is 6.41. The Kier molecular flexibility index (Phi) is 6.95. The summed E-state index contributed by atoms with van der Waals surface area (Å²) in [7, 11) is 0. The SMILES string of the molecule is CCOc1ccccc1Nc1nnc(S[C@H](C)C(=O)N2CCC(C)CC2)s1. The van der Waals surface area contributed by atoms with Gasteiger partial charge in [0, 0.05) is 13.1 Å². The molecule has 1 aliphatic rings. The van der Waals surface area contributed by atoms with Gasteiger partial charge in [0.1, 0.15) is 5.75 Å². The highest BCUT2D eigenvalue weighted by atomic mass is 32.2. The Morgan fingerprint density at radius 3 is 2.85 bits per heavy atom. The fraction of sp³-hybridized carbons (Fsp3) is 0.526. The number of ether oxygens (including phenoxy) is 1. The lowest BCUT2D eigenvalue weighted by Crippen LogP contribution is -2.41. The number of nitrogens with one attached hydrogen (secondary N) is 1. The molecule has 27 heavy (non-hydrogen) atoms. The first-order valence-electron chi connectivity index (χ1n) is 9.34. The van der Waals surface area contributed by atoms with Gasteiger partial charge in [-0.05, 0) is 44.7 Å². The molecule has 0 saturated carbocycles. The zero-order valence-electron chi connectivity index (χ0n) is 16.0. The topological polar surface area (TPSA) is 67.3 Å². The zero-order valence-corrected chi connectivity index (χ0v) is 17.6. The van der Waals surface area contributed by atoms with Crippen LogP contribution in [0.25, 0.3) is 0 Å². The number of hydrogen-bond donors (Lipinski definition) is 1. The molecule has 1 atom stereocenters. The van der Waals surface area contributed by atoms with Gasteiger partial charge in [-0.2, -0.15) is 0 Å². The molecule has 2 aromatic rings. The molecular weight excluding hydrogens is 380 g/mol. The second-order valence-electron chi connectivity index (χ2n) is 6.70. The molecule has 0 bridgehead atoms. The minimum absolute atomic E-state index is 0.157. The lowest BCUT2D eigenvalue weighted by atomic mass is 9.99. The average molecular weight is 407 g/mol. The fourth-order valence-electron chi connectivity index (χ4n) is 2.96. The van der Waals surface area contributed by atoms with E-state index in [1.165, 1.54) is 23.1 Å². The highest BCUT2D eigenvalue weighted by molar-refractivity contribution is 8.02. The molecule has 0 radical (unpaired) electrons. The lowest BCUT2D eigenvalue weighted by molar-refractivity contribution is -0.131. The van der Waals surface area contributed by atoms with Gasteiger partial charge in [-0.15, -0.1) is 10.2 Å². The Labute approximate surface area is 168 Å². The summed E-state index contributed by atoms with van der Waals surface area (Å²) in [6.07, 6.45) is 2.19. The fourth-order valence-corrected chi connectivity index (χ4v) is 4.95. The van der Waals surface area contributed by atoms with Crippen molar-refractivity contribution in [1.82, 2.24) is 15.1 Å². The Balaban J connectivity index is 1.58. The number of likely N-dealkylation sites (tertiary alicyclic amines) is 1. The van der Waals surface area contributed by atoms with E-state index in [2.05, 4.69) is 22.4 Å². The largest absolute Gasteiger partial charge is 0.492 e. The first kappa shape index (κ1) is 19.9. The monoisotopic (exact) mass is 406 g/mol. The van der Waals surface area contributed by atoms with Crippen molar-refractivity contribution in [2.45, 2.75) is 43.2 Å². The van der Waals surface area contributed by atoms with E-state index < -0.39 is 0 Å². The number of carbonyl (C=O) groups is 1. The van der Waals surface area contributed by atoms with E-state index in [4.69, 9.17) is 4.74 Å². The van der Waals surface area contributed by atoms with Crippen LogP contribution in [-0.4, -0.2) is 46.0 Å². The van der Waals surface area contributed by atoms with Crippen LogP contribution in [0.3, 0.4) is 0 Å². The minimum atomic E-state index is -0.157. The molecule has 1 amide bonds. The van der Waals surface area contributed by atoms with E-state index in [0.29, 0.717) is 17.7 Å². The first-order valence-corrected chi connectivity index (χ1v) is 11.0. The quantitative estimate of drug-likeness (QED) is 0.687. The zero-order chi connectivity index (χ0) is 19.2. The molecule has 1 N–H and O–H groups in total. The lowest BCUT2D eigenvalue weighted by Gasteiger charge is -2.31. The van der Waals surface area contributed by atoms with Crippen molar-refractivity contribution in [3.8, 4) is 5.75 Å². The van der Waals surface area contributed by atoms with E-state index in [1.807, 2.05) is 43.0 Å². The van der Waals surface area contributed by atoms with Gasteiger partial charge in [0.2, 0.25) is 11.0 Å². The summed E-state index contributed by atoms with van der Waals surface area (Å²) in [5.74, 6) is 1.69. The summed E-state index contributed by atoms with van der Waals surface area (Å²) in [6.45, 7) is 8.48. The average Bonchev–Trinajstić information content (AvgIpc) is 3.10. The van der Waals surface area contributed by atoms with Crippen molar-refractivity contribution in [3.05, 3.63) is 24.3 Å². The smallest absolute Gasteiger partial charge is 0.235 e. The second kappa shape index (κ2) is 9.41. The van der Waals surface area contributed by atoms with E-state index in [-0.39, 0.29) is 11.2 Å². The van der Waals surface area contributed by atoms with Crippen LogP contribution in [0.1, 0.15) is 33.6 Å². The van der Waals surface area contributed by atoms with E-state index in [0.717, 1.165) is 41.7 Å². The van der Waals surface area contributed by atoms with Gasteiger partial charge in [-0.25, -0.2) is 0 Å². The molecule has 8 heteroatoms. The standard InChI is InChI=1S/C19H26N4O2S2/c1-4-25-16-8-6-5-7-15(16)20-18-21-22-19(27-18)26-14(3)17(24)23-11-9-13(2)10-12-23/h5-8,13-14H,4,9-12H2,1-3H3,(H,20,21)/t14-/m1/s1. The Morgan fingerprint density at radius 1 is 1.37 bits per heavy atom. The van der Waals surface area contributed by atoms with Gasteiger partial charge < -0.3 is 15.0 Å².